The molecule has 1 heterocycles. The van der Waals surface area contributed by atoms with Gasteiger partial charge >= 0.3 is 0 Å². The van der Waals surface area contributed by atoms with E-state index in [0.29, 0.717) is 16.6 Å². The summed E-state index contributed by atoms with van der Waals surface area (Å²) in [5.41, 5.74) is 0.936. The van der Waals surface area contributed by atoms with Gasteiger partial charge in [0.15, 0.2) is 5.16 Å². The van der Waals surface area contributed by atoms with Crippen LogP contribution < -0.4 is 10.1 Å². The molecule has 0 unspecified atom stereocenters. The van der Waals surface area contributed by atoms with E-state index in [4.69, 9.17) is 4.74 Å². The second-order valence-corrected chi connectivity index (χ2v) is 6.81. The standard InChI is InChI=1S/C18H17N5O4S/c1-22-11-20-21-18(22)28-16-8-5-13(9-15(16)23(25)26)17(24)19-10-12-3-6-14(27-2)7-4-12/h3-9,11H,10H2,1-2H3,(H,19,24). The molecule has 0 saturated heterocycles. The van der Waals surface area contributed by atoms with Crippen molar-refractivity contribution in [1.29, 1.82) is 0 Å². The summed E-state index contributed by atoms with van der Waals surface area (Å²) in [5, 5.41) is 22.4. The average molecular weight is 399 g/mol. The highest BCUT2D eigenvalue weighted by molar-refractivity contribution is 7.99. The van der Waals surface area contributed by atoms with Crippen molar-refractivity contribution in [3.8, 4) is 5.75 Å². The summed E-state index contributed by atoms with van der Waals surface area (Å²) in [4.78, 5) is 23.7. The van der Waals surface area contributed by atoms with Crippen molar-refractivity contribution in [1.82, 2.24) is 20.1 Å². The van der Waals surface area contributed by atoms with E-state index in [1.165, 1.54) is 12.4 Å². The predicted octanol–water partition coefficient (Wildman–Crippen LogP) is 2.81. The SMILES string of the molecule is COc1ccc(CNC(=O)c2ccc(Sc3nncn3C)c([N+](=O)[O-])c2)cc1. The van der Waals surface area contributed by atoms with Gasteiger partial charge in [-0.05, 0) is 41.6 Å². The number of carbonyl (C=O) groups excluding carboxylic acids is 1. The van der Waals surface area contributed by atoms with Crippen molar-refractivity contribution >= 4 is 23.4 Å². The van der Waals surface area contributed by atoms with E-state index in [1.54, 1.807) is 43.0 Å². The summed E-state index contributed by atoms with van der Waals surface area (Å²) in [5.74, 6) is 0.329. The molecule has 1 N–H and O–H groups in total. The first-order chi connectivity index (χ1) is 13.5. The number of hydrogen-bond donors (Lipinski definition) is 1. The molecule has 1 aromatic heterocycles. The second kappa shape index (κ2) is 8.53. The quantitative estimate of drug-likeness (QED) is 0.480. The van der Waals surface area contributed by atoms with Gasteiger partial charge in [0, 0.05) is 25.2 Å². The van der Waals surface area contributed by atoms with Gasteiger partial charge in [0.05, 0.1) is 16.9 Å². The lowest BCUT2D eigenvalue weighted by atomic mass is 10.1. The topological polar surface area (TPSA) is 112 Å². The minimum atomic E-state index is -0.515. The number of amides is 1. The van der Waals surface area contributed by atoms with Crippen LogP contribution in [0.5, 0.6) is 5.75 Å². The van der Waals surface area contributed by atoms with Crippen molar-refractivity contribution < 1.29 is 14.5 Å². The molecule has 3 rings (SSSR count). The Hall–Kier alpha value is -3.40. The lowest BCUT2D eigenvalue weighted by Gasteiger charge is -2.08. The van der Waals surface area contributed by atoms with Crippen LogP contribution in [0.3, 0.4) is 0 Å². The number of ether oxygens (including phenoxy) is 1. The molecule has 1 amide bonds. The molecule has 0 bridgehead atoms. The van der Waals surface area contributed by atoms with E-state index in [-0.39, 0.29) is 11.3 Å². The monoisotopic (exact) mass is 399 g/mol. The summed E-state index contributed by atoms with van der Waals surface area (Å²) in [6, 6.07) is 11.6. The molecule has 0 radical (unpaired) electrons. The van der Waals surface area contributed by atoms with Crippen LogP contribution in [0.2, 0.25) is 0 Å². The third-order valence-electron chi connectivity index (χ3n) is 3.90. The number of nitrogens with one attached hydrogen (secondary N) is 1. The molecule has 10 heteroatoms. The molecule has 0 saturated carbocycles. The van der Waals surface area contributed by atoms with Gasteiger partial charge in [0.25, 0.3) is 11.6 Å². The van der Waals surface area contributed by atoms with Gasteiger partial charge in [0.2, 0.25) is 0 Å². The second-order valence-electron chi connectivity index (χ2n) is 5.80. The van der Waals surface area contributed by atoms with Gasteiger partial charge in [-0.3, -0.25) is 14.9 Å². The van der Waals surface area contributed by atoms with Crippen LogP contribution in [-0.2, 0) is 13.6 Å². The normalized spacial score (nSPS) is 10.5. The van der Waals surface area contributed by atoms with Crippen molar-refractivity contribution in [2.75, 3.05) is 7.11 Å². The van der Waals surface area contributed by atoms with E-state index in [0.717, 1.165) is 23.1 Å². The first kappa shape index (κ1) is 19.4. The zero-order valence-electron chi connectivity index (χ0n) is 15.2. The van der Waals surface area contributed by atoms with Gasteiger partial charge in [-0.2, -0.15) is 0 Å². The molecule has 3 aromatic rings. The molecule has 28 heavy (non-hydrogen) atoms. The largest absolute Gasteiger partial charge is 0.497 e. The first-order valence-corrected chi connectivity index (χ1v) is 9.01. The van der Waals surface area contributed by atoms with E-state index in [2.05, 4.69) is 15.5 Å². The Morgan fingerprint density at radius 2 is 2.04 bits per heavy atom. The summed E-state index contributed by atoms with van der Waals surface area (Å²) in [7, 11) is 3.32. The van der Waals surface area contributed by atoms with Gasteiger partial charge in [0.1, 0.15) is 12.1 Å². The Labute approximate surface area is 164 Å². The van der Waals surface area contributed by atoms with Crippen molar-refractivity contribution in [3.63, 3.8) is 0 Å². The van der Waals surface area contributed by atoms with E-state index >= 15 is 0 Å². The summed E-state index contributed by atoms with van der Waals surface area (Å²) < 4.78 is 6.75. The van der Waals surface area contributed by atoms with Crippen LogP contribution >= 0.6 is 11.8 Å². The Morgan fingerprint density at radius 3 is 2.64 bits per heavy atom. The molecular formula is C18H17N5O4S. The predicted molar refractivity (Wildman–Crippen MR) is 102 cm³/mol. The molecule has 0 spiro atoms. The molecular weight excluding hydrogens is 382 g/mol. The van der Waals surface area contributed by atoms with E-state index in [1.807, 2.05) is 12.1 Å². The van der Waals surface area contributed by atoms with Crippen LogP contribution in [0, 0.1) is 10.1 Å². The average Bonchev–Trinajstić information content (AvgIpc) is 3.11. The number of methoxy groups -OCH3 is 1. The zero-order valence-corrected chi connectivity index (χ0v) is 16.0. The van der Waals surface area contributed by atoms with Gasteiger partial charge in [-0.25, -0.2) is 0 Å². The van der Waals surface area contributed by atoms with Crippen LogP contribution in [-0.4, -0.2) is 32.7 Å². The molecule has 144 valence electrons. The minimum absolute atomic E-state index is 0.162. The Kier molecular flexibility index (Phi) is 5.90. The van der Waals surface area contributed by atoms with Crippen molar-refractivity contribution in [3.05, 3.63) is 70.0 Å². The van der Waals surface area contributed by atoms with Crippen LogP contribution in [0.15, 0.2) is 58.8 Å². The number of aromatic nitrogens is 3. The third-order valence-corrected chi connectivity index (χ3v) is 5.02. The summed E-state index contributed by atoms with van der Waals surface area (Å²) in [6.07, 6.45) is 1.51. The summed E-state index contributed by atoms with van der Waals surface area (Å²) >= 11 is 1.11. The number of rotatable bonds is 7. The Bertz CT molecular complexity index is 1000. The Balaban J connectivity index is 1.74. The molecule has 0 aliphatic heterocycles. The fourth-order valence-corrected chi connectivity index (χ4v) is 3.23. The van der Waals surface area contributed by atoms with Crippen molar-refractivity contribution in [2.24, 2.45) is 7.05 Å². The molecule has 0 atom stereocenters. The fraction of sp³-hybridized carbons (Fsp3) is 0.167. The first-order valence-electron chi connectivity index (χ1n) is 8.19. The number of nitro groups is 1. The maximum absolute atomic E-state index is 12.4. The number of nitrogens with zero attached hydrogens (tertiary/aromatic N) is 4. The van der Waals surface area contributed by atoms with E-state index < -0.39 is 10.8 Å². The lowest BCUT2D eigenvalue weighted by molar-refractivity contribution is -0.387. The maximum Gasteiger partial charge on any atom is 0.284 e. The maximum atomic E-state index is 12.4. The van der Waals surface area contributed by atoms with E-state index in [9.17, 15) is 14.9 Å². The van der Waals surface area contributed by atoms with Crippen LogP contribution in [0.25, 0.3) is 0 Å². The van der Waals surface area contributed by atoms with Gasteiger partial charge in [-0.15, -0.1) is 10.2 Å². The molecule has 0 aliphatic carbocycles. The highest BCUT2D eigenvalue weighted by atomic mass is 32.2. The summed E-state index contributed by atoms with van der Waals surface area (Å²) in [6.45, 7) is 0.298. The number of nitro benzene ring substituents is 1. The Morgan fingerprint density at radius 1 is 1.29 bits per heavy atom. The van der Waals surface area contributed by atoms with Crippen molar-refractivity contribution in [2.45, 2.75) is 16.6 Å². The highest BCUT2D eigenvalue weighted by Crippen LogP contribution is 2.34. The molecule has 0 fully saturated rings. The molecule has 9 nitrogen and oxygen atoms in total. The number of benzene rings is 2. The molecule has 0 aliphatic rings. The molecule has 2 aromatic carbocycles. The lowest BCUT2D eigenvalue weighted by Crippen LogP contribution is -2.22. The van der Waals surface area contributed by atoms with Gasteiger partial charge in [-0.1, -0.05) is 12.1 Å². The number of carbonyl (C=O) groups is 1. The number of hydrogen-bond acceptors (Lipinski definition) is 7. The highest BCUT2D eigenvalue weighted by Gasteiger charge is 2.20. The van der Waals surface area contributed by atoms with Crippen LogP contribution in [0.4, 0.5) is 5.69 Å². The third kappa shape index (κ3) is 4.46. The smallest absolute Gasteiger partial charge is 0.284 e. The van der Waals surface area contributed by atoms with Crippen LogP contribution in [0.1, 0.15) is 15.9 Å². The fourth-order valence-electron chi connectivity index (χ4n) is 2.38. The van der Waals surface area contributed by atoms with Gasteiger partial charge < -0.3 is 14.6 Å². The minimum Gasteiger partial charge on any atom is -0.497 e. The zero-order chi connectivity index (χ0) is 20.1. The number of aryl methyl sites for hydroxylation is 1.